The molecule has 1 heterocycles. The molecule has 3 rings (SSSR count). The van der Waals surface area contributed by atoms with Crippen molar-refractivity contribution in [1.82, 2.24) is 10.2 Å². The lowest BCUT2D eigenvalue weighted by atomic mass is 9.81. The van der Waals surface area contributed by atoms with Gasteiger partial charge in [-0.1, -0.05) is 30.3 Å². The van der Waals surface area contributed by atoms with E-state index in [1.165, 1.54) is 19.1 Å². The van der Waals surface area contributed by atoms with Crippen LogP contribution in [-0.2, 0) is 19.1 Å². The monoisotopic (exact) mass is 517 g/mol. The van der Waals surface area contributed by atoms with Gasteiger partial charge in [-0.3, -0.25) is 9.69 Å². The van der Waals surface area contributed by atoms with E-state index in [9.17, 15) is 19.6 Å². The number of anilines is 1. The van der Waals surface area contributed by atoms with Crippen molar-refractivity contribution in [3.63, 3.8) is 0 Å². The minimum absolute atomic E-state index is 0.0460. The number of nitrogens with zero attached hydrogens (tertiary/aromatic N) is 3. The van der Waals surface area contributed by atoms with Gasteiger partial charge >= 0.3 is 11.9 Å². The van der Waals surface area contributed by atoms with Crippen LogP contribution in [0.25, 0.3) is 0 Å². The van der Waals surface area contributed by atoms with E-state index in [1.807, 2.05) is 19.0 Å². The molecule has 1 aliphatic heterocycles. The molecule has 0 saturated carbocycles. The van der Waals surface area contributed by atoms with Crippen molar-refractivity contribution in [2.75, 3.05) is 46.3 Å². The van der Waals surface area contributed by atoms with Crippen LogP contribution in [0.5, 0.6) is 0 Å². The van der Waals surface area contributed by atoms with E-state index in [1.54, 1.807) is 54.6 Å². The van der Waals surface area contributed by atoms with Crippen molar-refractivity contribution in [1.29, 1.82) is 5.26 Å². The zero-order chi connectivity index (χ0) is 27.8. The lowest BCUT2D eigenvalue weighted by molar-refractivity contribution is -0.139. The molecule has 198 valence electrons. The van der Waals surface area contributed by atoms with Crippen LogP contribution < -0.4 is 16.0 Å². The molecular formula is C28H31N5O5. The standard InChI is InChI=1S/C28H31N5O5/c1-32(2)16-8-15-31-26(34)19-11-13-20(14-12-19)33-24(28(36)38-4)23(27(35)37-3)22(21(17-29)25(33)30)18-9-6-5-7-10-18/h5-7,9-14,22H,8,15-16,30H2,1-4H3,(H,31,34). The largest absolute Gasteiger partial charge is 0.466 e. The summed E-state index contributed by atoms with van der Waals surface area (Å²) in [4.78, 5) is 42.1. The number of allylic oxidation sites excluding steroid dienone is 1. The van der Waals surface area contributed by atoms with E-state index in [4.69, 9.17) is 15.2 Å². The van der Waals surface area contributed by atoms with Gasteiger partial charge in [0.05, 0.1) is 37.4 Å². The highest BCUT2D eigenvalue weighted by molar-refractivity contribution is 6.06. The Balaban J connectivity index is 2.09. The molecule has 0 radical (unpaired) electrons. The molecule has 1 amide bonds. The van der Waals surface area contributed by atoms with Gasteiger partial charge in [-0.05, 0) is 56.9 Å². The zero-order valence-electron chi connectivity index (χ0n) is 21.9. The van der Waals surface area contributed by atoms with Gasteiger partial charge in [0.2, 0.25) is 0 Å². The Hall–Kier alpha value is -4.62. The minimum atomic E-state index is -0.953. The number of hydrogen-bond donors (Lipinski definition) is 2. The van der Waals surface area contributed by atoms with Crippen molar-refractivity contribution in [3.05, 3.63) is 88.4 Å². The Morgan fingerprint density at radius 2 is 1.66 bits per heavy atom. The van der Waals surface area contributed by atoms with E-state index in [0.29, 0.717) is 23.4 Å². The number of methoxy groups -OCH3 is 2. The third-order valence-corrected chi connectivity index (χ3v) is 6.07. The first-order valence-corrected chi connectivity index (χ1v) is 11.9. The minimum Gasteiger partial charge on any atom is -0.466 e. The summed E-state index contributed by atoms with van der Waals surface area (Å²) in [6, 6.07) is 17.2. The predicted molar refractivity (Wildman–Crippen MR) is 141 cm³/mol. The van der Waals surface area contributed by atoms with Crippen molar-refractivity contribution in [3.8, 4) is 6.07 Å². The van der Waals surface area contributed by atoms with Crippen molar-refractivity contribution >= 4 is 23.5 Å². The second kappa shape index (κ2) is 12.6. The third kappa shape index (κ3) is 5.85. The second-order valence-corrected chi connectivity index (χ2v) is 8.79. The Kier molecular flexibility index (Phi) is 9.24. The number of carbonyl (C=O) groups excluding carboxylic acids is 3. The number of ether oxygens (including phenoxy) is 2. The highest BCUT2D eigenvalue weighted by atomic mass is 16.5. The van der Waals surface area contributed by atoms with Gasteiger partial charge in [0, 0.05) is 17.8 Å². The molecule has 0 saturated heterocycles. The maximum atomic E-state index is 13.1. The van der Waals surface area contributed by atoms with Crippen LogP contribution in [0.2, 0.25) is 0 Å². The maximum absolute atomic E-state index is 13.1. The Morgan fingerprint density at radius 1 is 1.03 bits per heavy atom. The van der Waals surface area contributed by atoms with E-state index in [2.05, 4.69) is 11.4 Å². The maximum Gasteiger partial charge on any atom is 0.355 e. The SMILES string of the molecule is COC(=O)C1=C(C(=O)OC)N(c2ccc(C(=O)NCCCN(C)C)cc2)C(N)=C(C#N)C1c1ccccc1. The third-order valence-electron chi connectivity index (χ3n) is 6.07. The number of amides is 1. The van der Waals surface area contributed by atoms with Gasteiger partial charge in [-0.2, -0.15) is 5.26 Å². The van der Waals surface area contributed by atoms with Crippen LogP contribution in [0.15, 0.2) is 77.3 Å². The summed E-state index contributed by atoms with van der Waals surface area (Å²) in [5.41, 5.74) is 7.63. The molecule has 2 aromatic carbocycles. The summed E-state index contributed by atoms with van der Waals surface area (Å²) in [5, 5.41) is 13.0. The lowest BCUT2D eigenvalue weighted by Crippen LogP contribution is -2.40. The smallest absolute Gasteiger partial charge is 0.355 e. The Bertz CT molecular complexity index is 1290. The topological polar surface area (TPSA) is 138 Å². The number of nitrogens with one attached hydrogen (secondary N) is 1. The summed E-state index contributed by atoms with van der Waals surface area (Å²) in [6.45, 7) is 1.36. The quantitative estimate of drug-likeness (QED) is 0.379. The molecule has 2 aromatic rings. The Labute approximate surface area is 221 Å². The van der Waals surface area contributed by atoms with Crippen LogP contribution >= 0.6 is 0 Å². The summed E-state index contributed by atoms with van der Waals surface area (Å²) < 4.78 is 10.1. The molecule has 38 heavy (non-hydrogen) atoms. The molecule has 10 heteroatoms. The number of esters is 2. The number of nitriles is 1. The molecular weight excluding hydrogens is 486 g/mol. The summed E-state index contributed by atoms with van der Waals surface area (Å²) in [6.07, 6.45) is 0.801. The average molecular weight is 518 g/mol. The molecule has 0 spiro atoms. The fourth-order valence-electron chi connectivity index (χ4n) is 4.24. The molecule has 1 aliphatic rings. The van der Waals surface area contributed by atoms with E-state index in [0.717, 1.165) is 13.0 Å². The molecule has 0 aliphatic carbocycles. The fourth-order valence-corrected chi connectivity index (χ4v) is 4.24. The Morgan fingerprint density at radius 3 is 2.21 bits per heavy atom. The molecule has 0 aromatic heterocycles. The number of nitrogens with two attached hydrogens (primary N) is 1. The summed E-state index contributed by atoms with van der Waals surface area (Å²) in [7, 11) is 6.30. The highest BCUT2D eigenvalue weighted by Gasteiger charge is 2.42. The second-order valence-electron chi connectivity index (χ2n) is 8.79. The van der Waals surface area contributed by atoms with Gasteiger partial charge in [-0.15, -0.1) is 0 Å². The van der Waals surface area contributed by atoms with Gasteiger partial charge in [-0.25, -0.2) is 9.59 Å². The molecule has 10 nitrogen and oxygen atoms in total. The number of benzene rings is 2. The molecule has 0 fully saturated rings. The van der Waals surface area contributed by atoms with Gasteiger partial charge in [0.1, 0.15) is 11.5 Å². The number of hydrogen-bond acceptors (Lipinski definition) is 9. The van der Waals surface area contributed by atoms with Gasteiger partial charge in [0.25, 0.3) is 5.91 Å². The van der Waals surface area contributed by atoms with Crippen molar-refractivity contribution < 1.29 is 23.9 Å². The van der Waals surface area contributed by atoms with Crippen LogP contribution in [0.3, 0.4) is 0 Å². The first-order chi connectivity index (χ1) is 18.2. The summed E-state index contributed by atoms with van der Waals surface area (Å²) in [5.74, 6) is -2.90. The average Bonchev–Trinajstić information content (AvgIpc) is 2.94. The van der Waals surface area contributed by atoms with Gasteiger partial charge < -0.3 is 25.4 Å². The highest BCUT2D eigenvalue weighted by Crippen LogP contribution is 2.43. The lowest BCUT2D eigenvalue weighted by Gasteiger charge is -2.35. The van der Waals surface area contributed by atoms with Crippen molar-refractivity contribution in [2.24, 2.45) is 5.73 Å². The van der Waals surface area contributed by atoms with E-state index < -0.39 is 17.9 Å². The first kappa shape index (κ1) is 28.0. The molecule has 1 atom stereocenters. The zero-order valence-corrected chi connectivity index (χ0v) is 21.9. The molecule has 1 unspecified atom stereocenters. The first-order valence-electron chi connectivity index (χ1n) is 11.9. The molecule has 0 bridgehead atoms. The predicted octanol–water partition coefficient (Wildman–Crippen LogP) is 2.27. The number of carbonyl (C=O) groups is 3. The van der Waals surface area contributed by atoms with Crippen LogP contribution in [0.1, 0.15) is 28.3 Å². The fraction of sp³-hybridized carbons (Fsp3) is 0.286. The number of rotatable bonds is 9. The molecule has 3 N–H and O–H groups in total. The van der Waals surface area contributed by atoms with Gasteiger partial charge in [0.15, 0.2) is 0 Å². The normalized spacial score (nSPS) is 15.3. The van der Waals surface area contributed by atoms with E-state index >= 15 is 0 Å². The van der Waals surface area contributed by atoms with E-state index in [-0.39, 0.29) is 28.6 Å². The van der Waals surface area contributed by atoms with Crippen LogP contribution in [-0.4, -0.2) is 64.2 Å². The van der Waals surface area contributed by atoms with Crippen LogP contribution in [0, 0.1) is 11.3 Å². The van der Waals surface area contributed by atoms with Crippen LogP contribution in [0.4, 0.5) is 5.69 Å². The van der Waals surface area contributed by atoms with Crippen molar-refractivity contribution in [2.45, 2.75) is 12.3 Å². The summed E-state index contributed by atoms with van der Waals surface area (Å²) >= 11 is 0.